The van der Waals surface area contributed by atoms with E-state index in [0.29, 0.717) is 34.0 Å². The summed E-state index contributed by atoms with van der Waals surface area (Å²) in [6.45, 7) is 0.218. The summed E-state index contributed by atoms with van der Waals surface area (Å²) in [6, 6.07) is 22.9. The van der Waals surface area contributed by atoms with E-state index >= 15 is 0 Å². The Bertz CT molecular complexity index is 1180. The summed E-state index contributed by atoms with van der Waals surface area (Å²) in [5.41, 5.74) is 3.05. The van der Waals surface area contributed by atoms with E-state index in [2.05, 4.69) is 9.72 Å². The fourth-order valence-corrected chi connectivity index (χ4v) is 2.99. The summed E-state index contributed by atoms with van der Waals surface area (Å²) in [7, 11) is 1.34. The van der Waals surface area contributed by atoms with Crippen LogP contribution in [-0.4, -0.2) is 23.8 Å². The smallest absolute Gasteiger partial charge is 0.337 e. The summed E-state index contributed by atoms with van der Waals surface area (Å²) in [5.74, 6) is 0.617. The van der Waals surface area contributed by atoms with Gasteiger partial charge in [-0.2, -0.15) is 0 Å². The molecule has 31 heavy (non-hydrogen) atoms. The largest absolute Gasteiger partial charge is 0.487 e. The van der Waals surface area contributed by atoms with Gasteiger partial charge in [-0.1, -0.05) is 30.3 Å². The first-order valence-corrected chi connectivity index (χ1v) is 9.60. The van der Waals surface area contributed by atoms with Gasteiger partial charge in [0, 0.05) is 16.7 Å². The molecule has 0 aliphatic rings. The number of aromatic nitrogens is 1. The first-order valence-electron chi connectivity index (χ1n) is 9.60. The van der Waals surface area contributed by atoms with Crippen LogP contribution in [0, 0.1) is 0 Å². The van der Waals surface area contributed by atoms with Crippen molar-refractivity contribution in [2.24, 2.45) is 0 Å². The molecule has 0 aliphatic heterocycles. The predicted octanol–water partition coefficient (Wildman–Crippen LogP) is 4.94. The zero-order valence-electron chi connectivity index (χ0n) is 16.8. The number of carbonyl (C=O) groups is 2. The maximum atomic E-state index is 12.5. The number of ketones is 1. The molecule has 4 rings (SSSR count). The molecule has 0 aliphatic carbocycles. The lowest BCUT2D eigenvalue weighted by Gasteiger charge is -2.05. The first kappa shape index (κ1) is 20.1. The molecule has 1 aromatic heterocycles. The van der Waals surface area contributed by atoms with E-state index in [0.717, 1.165) is 5.56 Å². The number of benzene rings is 3. The Hall–Kier alpha value is -4.19. The van der Waals surface area contributed by atoms with E-state index in [4.69, 9.17) is 9.15 Å². The van der Waals surface area contributed by atoms with Gasteiger partial charge >= 0.3 is 5.97 Å². The van der Waals surface area contributed by atoms with Crippen LogP contribution >= 0.6 is 0 Å². The van der Waals surface area contributed by atoms with E-state index in [1.807, 2.05) is 18.2 Å². The molecule has 3 aromatic carbocycles. The van der Waals surface area contributed by atoms with Crippen molar-refractivity contribution < 1.29 is 23.5 Å². The van der Waals surface area contributed by atoms with Gasteiger partial charge in [0.05, 0.1) is 12.7 Å². The lowest BCUT2D eigenvalue weighted by molar-refractivity contribution is 0.0600. The van der Waals surface area contributed by atoms with Gasteiger partial charge in [0.15, 0.2) is 5.78 Å². The van der Waals surface area contributed by atoms with Crippen LogP contribution in [0.15, 0.2) is 89.5 Å². The number of carbonyl (C=O) groups excluding carboxylic acids is 2. The monoisotopic (exact) mass is 413 g/mol. The van der Waals surface area contributed by atoms with Gasteiger partial charge in [-0.25, -0.2) is 9.78 Å². The van der Waals surface area contributed by atoms with E-state index < -0.39 is 5.97 Å². The highest BCUT2D eigenvalue weighted by Gasteiger charge is 2.11. The molecule has 0 unspecified atom stereocenters. The molecule has 154 valence electrons. The van der Waals surface area contributed by atoms with Gasteiger partial charge in [0.1, 0.15) is 24.3 Å². The lowest BCUT2D eigenvalue weighted by Crippen LogP contribution is -2.01. The normalized spacial score (nSPS) is 10.5. The topological polar surface area (TPSA) is 78.6 Å². The van der Waals surface area contributed by atoms with Crippen molar-refractivity contribution in [3.05, 3.63) is 108 Å². The van der Waals surface area contributed by atoms with Crippen molar-refractivity contribution >= 4 is 11.8 Å². The predicted molar refractivity (Wildman–Crippen MR) is 114 cm³/mol. The molecular weight excluding hydrogens is 394 g/mol. The Morgan fingerprint density at radius 2 is 1.48 bits per heavy atom. The van der Waals surface area contributed by atoms with Crippen molar-refractivity contribution in [1.29, 1.82) is 0 Å². The van der Waals surface area contributed by atoms with Crippen molar-refractivity contribution in [3.8, 4) is 17.2 Å². The number of ether oxygens (including phenoxy) is 2. The number of methoxy groups -OCH3 is 1. The van der Waals surface area contributed by atoms with Gasteiger partial charge in [0.25, 0.3) is 0 Å². The molecule has 0 saturated carbocycles. The highest BCUT2D eigenvalue weighted by atomic mass is 16.5. The van der Waals surface area contributed by atoms with Gasteiger partial charge in [-0.3, -0.25) is 4.79 Å². The summed E-state index contributed by atoms with van der Waals surface area (Å²) in [6.07, 6.45) is 1.52. The zero-order chi connectivity index (χ0) is 21.6. The average molecular weight is 413 g/mol. The third-order valence-electron chi connectivity index (χ3n) is 4.64. The van der Waals surface area contributed by atoms with Crippen LogP contribution in [0.5, 0.6) is 5.75 Å². The first-order chi connectivity index (χ1) is 15.1. The van der Waals surface area contributed by atoms with Crippen LogP contribution < -0.4 is 4.74 Å². The van der Waals surface area contributed by atoms with Crippen molar-refractivity contribution in [2.45, 2.75) is 6.61 Å². The van der Waals surface area contributed by atoms with Crippen molar-refractivity contribution in [3.63, 3.8) is 0 Å². The Balaban J connectivity index is 1.37. The molecule has 1 heterocycles. The molecule has 0 amide bonds. The molecule has 0 spiro atoms. The van der Waals surface area contributed by atoms with E-state index in [-0.39, 0.29) is 12.4 Å². The molecule has 0 fully saturated rings. The van der Waals surface area contributed by atoms with E-state index in [1.165, 1.54) is 13.4 Å². The highest BCUT2D eigenvalue weighted by molar-refractivity contribution is 6.08. The van der Waals surface area contributed by atoms with Crippen LogP contribution in [0.1, 0.15) is 32.0 Å². The fourth-order valence-electron chi connectivity index (χ4n) is 2.99. The maximum absolute atomic E-state index is 12.5. The van der Waals surface area contributed by atoms with Gasteiger partial charge in [0.2, 0.25) is 5.89 Å². The summed E-state index contributed by atoms with van der Waals surface area (Å²) >= 11 is 0. The quantitative estimate of drug-likeness (QED) is 0.315. The second-order valence-corrected chi connectivity index (χ2v) is 6.72. The number of hydrogen-bond acceptors (Lipinski definition) is 6. The number of oxazole rings is 1. The van der Waals surface area contributed by atoms with Crippen molar-refractivity contribution in [1.82, 2.24) is 4.98 Å². The maximum Gasteiger partial charge on any atom is 0.337 e. The zero-order valence-corrected chi connectivity index (χ0v) is 16.8. The molecule has 6 nitrogen and oxygen atoms in total. The SMILES string of the molecule is COC(=O)c1ccc(-c2nc(COc3ccc(C(=O)c4ccccc4)cc3)co2)cc1. The Kier molecular flexibility index (Phi) is 5.89. The molecule has 0 N–H and O–H groups in total. The second-order valence-electron chi connectivity index (χ2n) is 6.72. The summed E-state index contributed by atoms with van der Waals surface area (Å²) in [5, 5.41) is 0. The number of rotatable bonds is 7. The standard InChI is InChI=1S/C25H19NO5/c1-29-25(28)20-9-7-19(8-10-20)24-26-21(16-31-24)15-30-22-13-11-18(12-14-22)23(27)17-5-3-2-4-6-17/h2-14,16H,15H2,1H3. The molecule has 6 heteroatoms. The Morgan fingerprint density at radius 1 is 0.839 bits per heavy atom. The molecule has 4 aromatic rings. The molecular formula is C25H19NO5. The third kappa shape index (κ3) is 4.70. The van der Waals surface area contributed by atoms with Gasteiger partial charge < -0.3 is 13.9 Å². The molecule has 0 atom stereocenters. The number of hydrogen-bond donors (Lipinski definition) is 0. The summed E-state index contributed by atoms with van der Waals surface area (Å²) < 4.78 is 16.0. The molecule has 0 radical (unpaired) electrons. The lowest BCUT2D eigenvalue weighted by atomic mass is 10.0. The minimum Gasteiger partial charge on any atom is -0.487 e. The second kappa shape index (κ2) is 9.09. The average Bonchev–Trinajstić information content (AvgIpc) is 3.32. The van der Waals surface area contributed by atoms with Gasteiger partial charge in [-0.05, 0) is 48.5 Å². The minimum absolute atomic E-state index is 0.0356. The third-order valence-corrected chi connectivity index (χ3v) is 4.64. The van der Waals surface area contributed by atoms with Crippen LogP contribution in [0.3, 0.4) is 0 Å². The van der Waals surface area contributed by atoms with Crippen LogP contribution in [0.2, 0.25) is 0 Å². The summed E-state index contributed by atoms with van der Waals surface area (Å²) in [4.78, 5) is 28.4. The Morgan fingerprint density at radius 3 is 2.16 bits per heavy atom. The number of nitrogens with zero attached hydrogens (tertiary/aromatic N) is 1. The van der Waals surface area contributed by atoms with E-state index in [9.17, 15) is 9.59 Å². The highest BCUT2D eigenvalue weighted by Crippen LogP contribution is 2.21. The van der Waals surface area contributed by atoms with Crippen LogP contribution in [0.25, 0.3) is 11.5 Å². The fraction of sp³-hybridized carbons (Fsp3) is 0.0800. The van der Waals surface area contributed by atoms with Crippen molar-refractivity contribution in [2.75, 3.05) is 7.11 Å². The number of esters is 1. The van der Waals surface area contributed by atoms with Gasteiger partial charge in [-0.15, -0.1) is 0 Å². The van der Waals surface area contributed by atoms with E-state index in [1.54, 1.807) is 60.7 Å². The Labute approximate surface area is 179 Å². The molecule has 0 bridgehead atoms. The molecule has 0 saturated heterocycles. The van der Waals surface area contributed by atoms with Crippen LogP contribution in [0.4, 0.5) is 0 Å². The van der Waals surface area contributed by atoms with Crippen LogP contribution in [-0.2, 0) is 11.3 Å². The minimum atomic E-state index is -0.399.